The Bertz CT molecular complexity index is 451. The molecule has 0 atom stereocenters. The molecule has 16 heavy (non-hydrogen) atoms. The number of nitrogens with two attached hydrogens (primary N) is 1. The fraction of sp³-hybridized carbons (Fsp3) is 0.333. The Hall–Kier alpha value is -0.690. The van der Waals surface area contributed by atoms with Crippen LogP contribution in [-0.4, -0.2) is 21.5 Å². The van der Waals surface area contributed by atoms with Crippen molar-refractivity contribution < 1.29 is 12.8 Å². The Morgan fingerprint density at radius 2 is 2.06 bits per heavy atom. The zero-order valence-electron chi connectivity index (χ0n) is 8.73. The molecule has 0 saturated heterocycles. The predicted molar refractivity (Wildman–Crippen MR) is 62.6 cm³/mol. The molecule has 0 spiro atoms. The highest BCUT2D eigenvalue weighted by Gasteiger charge is 2.17. The first-order valence-electron chi connectivity index (χ1n) is 4.44. The second-order valence-corrected chi connectivity index (χ2v) is 4.78. The molecule has 1 aromatic rings. The van der Waals surface area contributed by atoms with Crippen molar-refractivity contribution >= 4 is 22.4 Å². The Kier molecular flexibility index (Phi) is 5.88. The molecule has 0 aromatic heterocycles. The van der Waals surface area contributed by atoms with Gasteiger partial charge in [0.2, 0.25) is 10.0 Å². The van der Waals surface area contributed by atoms with Crippen LogP contribution in [0.25, 0.3) is 0 Å². The molecule has 1 rings (SSSR count). The van der Waals surface area contributed by atoms with E-state index in [1.165, 1.54) is 25.1 Å². The maximum absolute atomic E-state index is 13.1. The van der Waals surface area contributed by atoms with E-state index in [0.717, 1.165) is 0 Å². The van der Waals surface area contributed by atoms with Gasteiger partial charge in [-0.25, -0.2) is 17.5 Å². The second-order valence-electron chi connectivity index (χ2n) is 3.05. The third-order valence-corrected chi connectivity index (χ3v) is 3.55. The number of sulfonamides is 1. The van der Waals surface area contributed by atoms with E-state index in [9.17, 15) is 12.8 Å². The zero-order chi connectivity index (χ0) is 11.5. The fourth-order valence-corrected chi connectivity index (χ4v) is 2.45. The summed E-state index contributed by atoms with van der Waals surface area (Å²) in [5.41, 5.74) is 5.29. The van der Waals surface area contributed by atoms with Gasteiger partial charge in [-0.15, -0.1) is 12.4 Å². The van der Waals surface area contributed by atoms with Crippen molar-refractivity contribution in [2.75, 3.05) is 13.1 Å². The molecule has 0 aliphatic heterocycles. The van der Waals surface area contributed by atoms with E-state index >= 15 is 0 Å². The van der Waals surface area contributed by atoms with Crippen molar-refractivity contribution in [1.29, 1.82) is 0 Å². The van der Waals surface area contributed by atoms with E-state index in [-0.39, 0.29) is 36.0 Å². The molecular weight excluding hydrogens is 255 g/mol. The smallest absolute Gasteiger partial charge is 0.240 e. The molecule has 0 radical (unpaired) electrons. The predicted octanol–water partition coefficient (Wildman–Crippen LogP) is 0.793. The van der Waals surface area contributed by atoms with Crippen LogP contribution in [0.3, 0.4) is 0 Å². The second kappa shape index (κ2) is 6.15. The van der Waals surface area contributed by atoms with Crippen molar-refractivity contribution in [3.05, 3.63) is 29.6 Å². The summed E-state index contributed by atoms with van der Waals surface area (Å²) in [4.78, 5) is -0.0454. The Morgan fingerprint density at radius 3 is 2.62 bits per heavy atom. The monoisotopic (exact) mass is 268 g/mol. The molecule has 0 aliphatic carbocycles. The highest BCUT2D eigenvalue weighted by atomic mass is 35.5. The highest BCUT2D eigenvalue weighted by molar-refractivity contribution is 7.89. The fourth-order valence-electron chi connectivity index (χ4n) is 1.15. The van der Waals surface area contributed by atoms with E-state index in [4.69, 9.17) is 5.73 Å². The van der Waals surface area contributed by atoms with Crippen LogP contribution in [0.2, 0.25) is 0 Å². The molecule has 0 saturated carbocycles. The van der Waals surface area contributed by atoms with Crippen LogP contribution in [0.15, 0.2) is 23.1 Å². The maximum Gasteiger partial charge on any atom is 0.240 e. The number of benzene rings is 1. The zero-order valence-corrected chi connectivity index (χ0v) is 10.4. The van der Waals surface area contributed by atoms with Gasteiger partial charge in [-0.1, -0.05) is 6.07 Å². The van der Waals surface area contributed by atoms with E-state index in [1.807, 2.05) is 0 Å². The first-order valence-corrected chi connectivity index (χ1v) is 5.92. The molecule has 3 N–H and O–H groups in total. The van der Waals surface area contributed by atoms with Gasteiger partial charge in [0, 0.05) is 18.7 Å². The number of rotatable bonds is 4. The lowest BCUT2D eigenvalue weighted by atomic mass is 10.2. The summed E-state index contributed by atoms with van der Waals surface area (Å²) in [5, 5.41) is 0. The molecule has 0 aliphatic rings. The van der Waals surface area contributed by atoms with Gasteiger partial charge in [-0.05, 0) is 19.1 Å². The summed E-state index contributed by atoms with van der Waals surface area (Å²) in [6.07, 6.45) is 0. The summed E-state index contributed by atoms with van der Waals surface area (Å²) >= 11 is 0. The standard InChI is InChI=1S/C9H13FN2O2S.ClH/c1-7-8(10)3-2-4-9(7)15(13,14)12-6-5-11;/h2-4,12H,5-6,11H2,1H3;1H. The molecule has 0 heterocycles. The molecule has 0 fully saturated rings. The maximum atomic E-state index is 13.1. The minimum Gasteiger partial charge on any atom is -0.329 e. The topological polar surface area (TPSA) is 72.2 Å². The highest BCUT2D eigenvalue weighted by Crippen LogP contribution is 2.16. The van der Waals surface area contributed by atoms with Gasteiger partial charge in [0.1, 0.15) is 5.82 Å². The average molecular weight is 269 g/mol. The van der Waals surface area contributed by atoms with E-state index in [2.05, 4.69) is 4.72 Å². The number of hydrogen-bond donors (Lipinski definition) is 2. The first kappa shape index (κ1) is 15.3. The van der Waals surface area contributed by atoms with Crippen molar-refractivity contribution in [2.45, 2.75) is 11.8 Å². The summed E-state index contributed by atoms with van der Waals surface area (Å²) in [5.74, 6) is -0.536. The van der Waals surface area contributed by atoms with Crippen LogP contribution in [0.4, 0.5) is 4.39 Å². The van der Waals surface area contributed by atoms with Crippen LogP contribution in [0.5, 0.6) is 0 Å². The number of hydrogen-bond acceptors (Lipinski definition) is 3. The summed E-state index contributed by atoms with van der Waals surface area (Å²) in [7, 11) is -3.65. The van der Waals surface area contributed by atoms with Gasteiger partial charge >= 0.3 is 0 Å². The molecule has 0 amide bonds. The lowest BCUT2D eigenvalue weighted by Gasteiger charge is -2.08. The lowest BCUT2D eigenvalue weighted by molar-refractivity contribution is 0.575. The van der Waals surface area contributed by atoms with Gasteiger partial charge in [-0.3, -0.25) is 0 Å². The van der Waals surface area contributed by atoms with Crippen LogP contribution in [-0.2, 0) is 10.0 Å². The van der Waals surface area contributed by atoms with Gasteiger partial charge in [0.15, 0.2) is 0 Å². The Morgan fingerprint density at radius 1 is 1.44 bits per heavy atom. The molecular formula is C9H14ClFN2O2S. The number of halogens is 2. The lowest BCUT2D eigenvalue weighted by Crippen LogP contribution is -2.29. The third kappa shape index (κ3) is 3.41. The first-order chi connectivity index (χ1) is 6.99. The van der Waals surface area contributed by atoms with Crippen LogP contribution < -0.4 is 10.5 Å². The minimum atomic E-state index is -3.65. The van der Waals surface area contributed by atoms with Crippen molar-refractivity contribution in [1.82, 2.24) is 4.72 Å². The quantitative estimate of drug-likeness (QED) is 0.848. The summed E-state index contributed by atoms with van der Waals surface area (Å²) in [6.45, 7) is 1.76. The van der Waals surface area contributed by atoms with Crippen molar-refractivity contribution in [3.8, 4) is 0 Å². The van der Waals surface area contributed by atoms with Gasteiger partial charge in [0.05, 0.1) is 4.90 Å². The van der Waals surface area contributed by atoms with E-state index in [0.29, 0.717) is 0 Å². The van der Waals surface area contributed by atoms with E-state index in [1.54, 1.807) is 0 Å². The molecule has 7 heteroatoms. The van der Waals surface area contributed by atoms with E-state index < -0.39 is 15.8 Å². The number of nitrogens with one attached hydrogen (secondary N) is 1. The van der Waals surface area contributed by atoms with Crippen molar-refractivity contribution in [3.63, 3.8) is 0 Å². The third-order valence-electron chi connectivity index (χ3n) is 1.94. The molecule has 0 bridgehead atoms. The molecule has 0 unspecified atom stereocenters. The largest absolute Gasteiger partial charge is 0.329 e. The molecule has 1 aromatic carbocycles. The van der Waals surface area contributed by atoms with Crippen LogP contribution >= 0.6 is 12.4 Å². The van der Waals surface area contributed by atoms with Gasteiger partial charge in [-0.2, -0.15) is 0 Å². The van der Waals surface area contributed by atoms with Crippen LogP contribution in [0, 0.1) is 12.7 Å². The molecule has 4 nitrogen and oxygen atoms in total. The normalized spacial score (nSPS) is 10.9. The average Bonchev–Trinajstić information content (AvgIpc) is 2.19. The van der Waals surface area contributed by atoms with Gasteiger partial charge < -0.3 is 5.73 Å². The van der Waals surface area contributed by atoms with Crippen molar-refractivity contribution in [2.24, 2.45) is 5.73 Å². The summed E-state index contributed by atoms with van der Waals surface area (Å²) < 4.78 is 38.6. The van der Waals surface area contributed by atoms with Gasteiger partial charge in [0.25, 0.3) is 0 Å². The Balaban J connectivity index is 0.00000225. The van der Waals surface area contributed by atoms with Crippen LogP contribution in [0.1, 0.15) is 5.56 Å². The minimum absolute atomic E-state index is 0. The Labute approximate surface area is 100 Å². The molecule has 92 valence electrons. The summed E-state index contributed by atoms with van der Waals surface area (Å²) in [6, 6.07) is 3.94. The SMILES string of the molecule is Cc1c(F)cccc1S(=O)(=O)NCCN.Cl.